The van der Waals surface area contributed by atoms with Crippen molar-refractivity contribution in [1.29, 1.82) is 0 Å². The van der Waals surface area contributed by atoms with Crippen LogP contribution >= 0.6 is 0 Å². The summed E-state index contributed by atoms with van der Waals surface area (Å²) in [6.45, 7) is 2.23. The lowest BCUT2D eigenvalue weighted by Crippen LogP contribution is -2.40. The second-order valence-electron chi connectivity index (χ2n) is 5.82. The standard InChI is InChI=1S/C16H17F2N3O/c1-11(10-21-8-2-7-19-21)15(22)20-16(5-6-16)13-9-12(17)3-4-14(13)18/h2-4,7-9,11H,5-6,10H2,1H3,(H,20,22). The van der Waals surface area contributed by atoms with E-state index in [9.17, 15) is 13.6 Å². The number of carbonyl (C=O) groups excluding carboxylic acids is 1. The van der Waals surface area contributed by atoms with E-state index in [1.54, 1.807) is 30.1 Å². The Bertz CT molecular complexity index is 681. The van der Waals surface area contributed by atoms with Crippen molar-refractivity contribution in [2.24, 2.45) is 5.92 Å². The van der Waals surface area contributed by atoms with Crippen molar-refractivity contribution in [3.8, 4) is 0 Å². The van der Waals surface area contributed by atoms with E-state index in [0.717, 1.165) is 12.1 Å². The predicted molar refractivity (Wildman–Crippen MR) is 76.8 cm³/mol. The third kappa shape index (κ3) is 2.86. The highest BCUT2D eigenvalue weighted by Gasteiger charge is 2.48. The normalized spacial score (nSPS) is 17.0. The van der Waals surface area contributed by atoms with Crippen LogP contribution in [0.2, 0.25) is 0 Å². The lowest BCUT2D eigenvalue weighted by atomic mass is 10.0. The van der Waals surface area contributed by atoms with Crippen LogP contribution in [-0.2, 0) is 16.9 Å². The number of benzene rings is 1. The monoisotopic (exact) mass is 305 g/mol. The first-order valence-corrected chi connectivity index (χ1v) is 7.25. The Balaban J connectivity index is 1.71. The van der Waals surface area contributed by atoms with E-state index in [2.05, 4.69) is 10.4 Å². The van der Waals surface area contributed by atoms with Gasteiger partial charge in [-0.1, -0.05) is 6.92 Å². The molecule has 0 radical (unpaired) electrons. The summed E-state index contributed by atoms with van der Waals surface area (Å²) < 4.78 is 29.0. The van der Waals surface area contributed by atoms with E-state index >= 15 is 0 Å². The number of carbonyl (C=O) groups is 1. The Morgan fingerprint density at radius 1 is 1.45 bits per heavy atom. The molecule has 3 rings (SSSR count). The maximum absolute atomic E-state index is 13.9. The molecule has 1 aliphatic carbocycles. The second kappa shape index (κ2) is 5.51. The van der Waals surface area contributed by atoms with Crippen LogP contribution in [0.15, 0.2) is 36.7 Å². The van der Waals surface area contributed by atoms with Crippen LogP contribution in [0.3, 0.4) is 0 Å². The maximum Gasteiger partial charge on any atom is 0.225 e. The van der Waals surface area contributed by atoms with E-state index in [1.165, 1.54) is 6.07 Å². The molecule has 1 saturated carbocycles. The minimum Gasteiger partial charge on any atom is -0.346 e. The molecular formula is C16H17F2N3O. The van der Waals surface area contributed by atoms with Crippen molar-refractivity contribution in [3.05, 3.63) is 53.9 Å². The number of halogens is 2. The van der Waals surface area contributed by atoms with Gasteiger partial charge in [0.2, 0.25) is 5.91 Å². The molecule has 22 heavy (non-hydrogen) atoms. The largest absolute Gasteiger partial charge is 0.346 e. The average Bonchev–Trinajstić information content (AvgIpc) is 3.07. The summed E-state index contributed by atoms with van der Waals surface area (Å²) in [7, 11) is 0. The van der Waals surface area contributed by atoms with E-state index in [0.29, 0.717) is 19.4 Å². The van der Waals surface area contributed by atoms with Crippen molar-refractivity contribution in [3.63, 3.8) is 0 Å². The van der Waals surface area contributed by atoms with Crippen LogP contribution in [0, 0.1) is 17.6 Å². The van der Waals surface area contributed by atoms with E-state index < -0.39 is 17.2 Å². The molecule has 116 valence electrons. The first-order valence-electron chi connectivity index (χ1n) is 7.25. The first-order chi connectivity index (χ1) is 10.5. The zero-order valence-electron chi connectivity index (χ0n) is 12.2. The van der Waals surface area contributed by atoms with Gasteiger partial charge in [0.05, 0.1) is 18.0 Å². The van der Waals surface area contributed by atoms with Crippen LogP contribution < -0.4 is 5.32 Å². The Morgan fingerprint density at radius 3 is 2.86 bits per heavy atom. The Morgan fingerprint density at radius 2 is 2.23 bits per heavy atom. The van der Waals surface area contributed by atoms with Gasteiger partial charge in [-0.3, -0.25) is 9.48 Å². The van der Waals surface area contributed by atoms with E-state index in [-0.39, 0.29) is 17.4 Å². The summed E-state index contributed by atoms with van der Waals surface area (Å²) in [6, 6.07) is 5.14. The minimum atomic E-state index is -0.762. The van der Waals surface area contributed by atoms with Gasteiger partial charge in [0, 0.05) is 18.0 Å². The SMILES string of the molecule is CC(Cn1cccn1)C(=O)NC1(c2cc(F)ccc2F)CC1. The minimum absolute atomic E-state index is 0.184. The maximum atomic E-state index is 13.9. The van der Waals surface area contributed by atoms with Gasteiger partial charge in [0.25, 0.3) is 0 Å². The fourth-order valence-electron chi connectivity index (χ4n) is 2.58. The van der Waals surface area contributed by atoms with Gasteiger partial charge in [-0.05, 0) is 37.1 Å². The molecule has 1 amide bonds. The van der Waals surface area contributed by atoms with Crippen molar-refractivity contribution in [2.75, 3.05) is 0 Å². The smallest absolute Gasteiger partial charge is 0.225 e. The van der Waals surface area contributed by atoms with Gasteiger partial charge < -0.3 is 5.32 Å². The molecule has 0 aliphatic heterocycles. The molecule has 1 aromatic carbocycles. The molecule has 2 aromatic rings. The molecule has 6 heteroatoms. The van der Waals surface area contributed by atoms with Crippen molar-refractivity contribution >= 4 is 5.91 Å². The topological polar surface area (TPSA) is 46.9 Å². The van der Waals surface area contributed by atoms with E-state index in [1.807, 2.05) is 0 Å². The fourth-order valence-corrected chi connectivity index (χ4v) is 2.58. The van der Waals surface area contributed by atoms with Crippen molar-refractivity contribution in [1.82, 2.24) is 15.1 Å². The molecule has 1 unspecified atom stereocenters. The van der Waals surface area contributed by atoms with Crippen LogP contribution in [0.4, 0.5) is 8.78 Å². The van der Waals surface area contributed by atoms with Crippen molar-refractivity contribution in [2.45, 2.75) is 31.8 Å². The van der Waals surface area contributed by atoms with Crippen LogP contribution in [0.5, 0.6) is 0 Å². The summed E-state index contributed by atoms with van der Waals surface area (Å²) >= 11 is 0. The highest BCUT2D eigenvalue weighted by atomic mass is 19.1. The summed E-state index contributed by atoms with van der Waals surface area (Å²) in [6.07, 6.45) is 4.67. The Kier molecular flexibility index (Phi) is 3.68. The highest BCUT2D eigenvalue weighted by molar-refractivity contribution is 5.79. The number of hydrogen-bond acceptors (Lipinski definition) is 2. The van der Waals surface area contributed by atoms with Gasteiger partial charge >= 0.3 is 0 Å². The summed E-state index contributed by atoms with van der Waals surface area (Å²) in [5.41, 5.74) is -0.533. The molecule has 1 heterocycles. The Labute approximate surface area is 127 Å². The van der Waals surface area contributed by atoms with Crippen molar-refractivity contribution < 1.29 is 13.6 Å². The number of amides is 1. The molecular weight excluding hydrogens is 288 g/mol. The number of hydrogen-bond donors (Lipinski definition) is 1. The number of nitrogens with zero attached hydrogens (tertiary/aromatic N) is 2. The van der Waals surface area contributed by atoms with Gasteiger partial charge in [0.15, 0.2) is 0 Å². The first kappa shape index (κ1) is 14.7. The van der Waals surface area contributed by atoms with Gasteiger partial charge in [0.1, 0.15) is 11.6 Å². The number of nitrogens with one attached hydrogen (secondary N) is 1. The molecule has 0 saturated heterocycles. The third-order valence-corrected chi connectivity index (χ3v) is 4.02. The number of aromatic nitrogens is 2. The van der Waals surface area contributed by atoms with Crippen LogP contribution in [-0.4, -0.2) is 15.7 Å². The second-order valence-corrected chi connectivity index (χ2v) is 5.82. The summed E-state index contributed by atoms with van der Waals surface area (Å²) in [5, 5.41) is 6.94. The molecule has 0 bridgehead atoms. The fraction of sp³-hybridized carbons (Fsp3) is 0.375. The third-order valence-electron chi connectivity index (χ3n) is 4.02. The summed E-state index contributed by atoms with van der Waals surface area (Å²) in [5.74, 6) is -1.48. The van der Waals surface area contributed by atoms with Crippen LogP contribution in [0.25, 0.3) is 0 Å². The van der Waals surface area contributed by atoms with E-state index in [4.69, 9.17) is 0 Å². The van der Waals surface area contributed by atoms with Gasteiger partial charge in [-0.25, -0.2) is 8.78 Å². The van der Waals surface area contributed by atoms with Crippen LogP contribution in [0.1, 0.15) is 25.3 Å². The molecule has 0 spiro atoms. The molecule has 1 N–H and O–H groups in total. The molecule has 1 aromatic heterocycles. The average molecular weight is 305 g/mol. The highest BCUT2D eigenvalue weighted by Crippen LogP contribution is 2.46. The lowest BCUT2D eigenvalue weighted by Gasteiger charge is -2.21. The molecule has 1 atom stereocenters. The van der Waals surface area contributed by atoms with Gasteiger partial charge in [-0.15, -0.1) is 0 Å². The zero-order chi connectivity index (χ0) is 15.7. The zero-order valence-corrected chi connectivity index (χ0v) is 12.2. The molecule has 4 nitrogen and oxygen atoms in total. The Hall–Kier alpha value is -2.24. The quantitative estimate of drug-likeness (QED) is 0.923. The molecule has 1 aliphatic rings. The molecule has 1 fully saturated rings. The predicted octanol–water partition coefficient (Wildman–Crippen LogP) is 2.60. The van der Waals surface area contributed by atoms with Gasteiger partial charge in [-0.2, -0.15) is 5.10 Å². The number of rotatable bonds is 5. The lowest BCUT2D eigenvalue weighted by molar-refractivity contribution is -0.126. The summed E-state index contributed by atoms with van der Waals surface area (Å²) in [4.78, 5) is 12.3.